The molecule has 1 atom stereocenters. The Hall–Kier alpha value is -0.220. The lowest BCUT2D eigenvalue weighted by Crippen LogP contribution is -2.24. The molecule has 3 nitrogen and oxygen atoms in total. The van der Waals surface area contributed by atoms with Crippen LogP contribution in [0.5, 0.6) is 0 Å². The third kappa shape index (κ3) is 5.50. The Bertz CT molecular complexity index is 170. The zero-order valence-corrected chi connectivity index (χ0v) is 9.31. The summed E-state index contributed by atoms with van der Waals surface area (Å²) in [6, 6.07) is 0. The Morgan fingerprint density at radius 2 is 2.36 bits per heavy atom. The number of hydrogen-bond donors (Lipinski definition) is 2. The maximum Gasteiger partial charge on any atom is 0.303 e. The summed E-state index contributed by atoms with van der Waals surface area (Å²) >= 11 is 2.05. The monoisotopic (exact) mass is 217 g/mol. The average molecular weight is 217 g/mol. The highest BCUT2D eigenvalue weighted by Crippen LogP contribution is 2.25. The summed E-state index contributed by atoms with van der Waals surface area (Å²) in [7, 11) is 0. The fourth-order valence-electron chi connectivity index (χ4n) is 1.59. The van der Waals surface area contributed by atoms with Crippen molar-refractivity contribution in [3.63, 3.8) is 0 Å². The molecular weight excluding hydrogens is 198 g/mol. The molecule has 1 rings (SSSR count). The van der Waals surface area contributed by atoms with Gasteiger partial charge < -0.3 is 10.4 Å². The minimum absolute atomic E-state index is 0.305. The Labute approximate surface area is 89.6 Å². The fraction of sp³-hybridized carbons (Fsp3) is 0.900. The molecule has 0 aromatic rings. The van der Waals surface area contributed by atoms with E-state index in [4.69, 9.17) is 5.11 Å². The Morgan fingerprint density at radius 1 is 1.50 bits per heavy atom. The van der Waals surface area contributed by atoms with E-state index in [0.717, 1.165) is 31.2 Å². The standard InChI is InChI=1S/C10H19NO2S/c12-10(13)5-1-2-6-11-8-9-4-3-7-14-9/h9,11H,1-8H2,(H,12,13). The van der Waals surface area contributed by atoms with Gasteiger partial charge in [-0.1, -0.05) is 0 Å². The van der Waals surface area contributed by atoms with Crippen LogP contribution in [0.4, 0.5) is 0 Å². The molecule has 0 aliphatic carbocycles. The van der Waals surface area contributed by atoms with Gasteiger partial charge in [0.1, 0.15) is 0 Å². The number of unbranched alkanes of at least 4 members (excludes halogenated alkanes) is 1. The largest absolute Gasteiger partial charge is 0.481 e. The van der Waals surface area contributed by atoms with E-state index in [1.165, 1.54) is 18.6 Å². The van der Waals surface area contributed by atoms with Gasteiger partial charge in [0.05, 0.1) is 0 Å². The number of nitrogens with one attached hydrogen (secondary N) is 1. The summed E-state index contributed by atoms with van der Waals surface area (Å²) in [5.74, 6) is 0.627. The molecule has 1 aliphatic heterocycles. The molecule has 0 bridgehead atoms. The summed E-state index contributed by atoms with van der Waals surface area (Å²) in [5, 5.41) is 12.6. The second-order valence-electron chi connectivity index (χ2n) is 3.69. The van der Waals surface area contributed by atoms with Crippen molar-refractivity contribution in [2.24, 2.45) is 0 Å². The van der Waals surface area contributed by atoms with Crippen LogP contribution >= 0.6 is 11.8 Å². The number of carbonyl (C=O) groups is 1. The molecule has 4 heteroatoms. The van der Waals surface area contributed by atoms with Crippen molar-refractivity contribution < 1.29 is 9.90 Å². The van der Waals surface area contributed by atoms with Crippen LogP contribution in [-0.4, -0.2) is 35.2 Å². The van der Waals surface area contributed by atoms with Crippen molar-refractivity contribution >= 4 is 17.7 Å². The van der Waals surface area contributed by atoms with Crippen molar-refractivity contribution in [1.82, 2.24) is 5.32 Å². The number of thioether (sulfide) groups is 1. The molecule has 82 valence electrons. The van der Waals surface area contributed by atoms with Gasteiger partial charge in [0.25, 0.3) is 0 Å². The molecule has 1 unspecified atom stereocenters. The average Bonchev–Trinajstić information content (AvgIpc) is 2.63. The molecule has 1 aliphatic rings. The molecule has 1 fully saturated rings. The number of carboxylic acids is 1. The van der Waals surface area contributed by atoms with Crippen LogP contribution in [0, 0.1) is 0 Å². The van der Waals surface area contributed by atoms with Crippen molar-refractivity contribution in [3.05, 3.63) is 0 Å². The first-order chi connectivity index (χ1) is 6.79. The van der Waals surface area contributed by atoms with E-state index < -0.39 is 5.97 Å². The van der Waals surface area contributed by atoms with E-state index in [-0.39, 0.29) is 0 Å². The molecular formula is C10H19NO2S. The Morgan fingerprint density at radius 3 is 3.00 bits per heavy atom. The zero-order chi connectivity index (χ0) is 10.2. The van der Waals surface area contributed by atoms with Crippen LogP contribution in [0.15, 0.2) is 0 Å². The first-order valence-corrected chi connectivity index (χ1v) is 6.38. The lowest BCUT2D eigenvalue weighted by molar-refractivity contribution is -0.137. The van der Waals surface area contributed by atoms with Gasteiger partial charge in [0.2, 0.25) is 0 Å². The molecule has 0 spiro atoms. The lowest BCUT2D eigenvalue weighted by Gasteiger charge is -2.09. The van der Waals surface area contributed by atoms with Gasteiger partial charge in [-0.3, -0.25) is 4.79 Å². The summed E-state index contributed by atoms with van der Waals surface area (Å²) in [4.78, 5) is 10.2. The van der Waals surface area contributed by atoms with Crippen LogP contribution in [0.25, 0.3) is 0 Å². The molecule has 0 saturated carbocycles. The van der Waals surface area contributed by atoms with Gasteiger partial charge >= 0.3 is 5.97 Å². The van der Waals surface area contributed by atoms with Gasteiger partial charge in [-0.25, -0.2) is 0 Å². The van der Waals surface area contributed by atoms with E-state index in [1.54, 1.807) is 0 Å². The van der Waals surface area contributed by atoms with Crippen LogP contribution in [-0.2, 0) is 4.79 Å². The molecule has 1 heterocycles. The fourth-order valence-corrected chi connectivity index (χ4v) is 2.83. The Kier molecular flexibility index (Phi) is 6.03. The van der Waals surface area contributed by atoms with E-state index in [9.17, 15) is 4.79 Å². The first-order valence-electron chi connectivity index (χ1n) is 5.33. The number of hydrogen-bond acceptors (Lipinski definition) is 3. The predicted octanol–water partition coefficient (Wildman–Crippen LogP) is 1.73. The second kappa shape index (κ2) is 7.12. The van der Waals surface area contributed by atoms with Crippen molar-refractivity contribution in [2.45, 2.75) is 37.4 Å². The van der Waals surface area contributed by atoms with Crippen LogP contribution in [0.1, 0.15) is 32.1 Å². The molecule has 0 amide bonds. The van der Waals surface area contributed by atoms with Crippen LogP contribution in [0.3, 0.4) is 0 Å². The summed E-state index contributed by atoms with van der Waals surface area (Å²) < 4.78 is 0. The molecule has 0 aromatic carbocycles. The van der Waals surface area contributed by atoms with Gasteiger partial charge in [-0.05, 0) is 38.0 Å². The van der Waals surface area contributed by atoms with Crippen molar-refractivity contribution in [3.8, 4) is 0 Å². The van der Waals surface area contributed by atoms with Gasteiger partial charge in [0.15, 0.2) is 0 Å². The van der Waals surface area contributed by atoms with E-state index >= 15 is 0 Å². The third-order valence-electron chi connectivity index (χ3n) is 2.39. The molecule has 0 aromatic heterocycles. The van der Waals surface area contributed by atoms with Crippen molar-refractivity contribution in [2.75, 3.05) is 18.8 Å². The number of carboxylic acid groups (broad SMARTS) is 1. The van der Waals surface area contributed by atoms with Gasteiger partial charge in [-0.15, -0.1) is 0 Å². The third-order valence-corrected chi connectivity index (χ3v) is 3.79. The summed E-state index contributed by atoms with van der Waals surface area (Å²) in [5.41, 5.74) is 0. The highest BCUT2D eigenvalue weighted by atomic mass is 32.2. The molecule has 14 heavy (non-hydrogen) atoms. The van der Waals surface area contributed by atoms with Crippen LogP contribution < -0.4 is 5.32 Å². The van der Waals surface area contributed by atoms with E-state index in [2.05, 4.69) is 17.1 Å². The SMILES string of the molecule is O=C(O)CCCCNCC1CCCS1. The highest BCUT2D eigenvalue weighted by molar-refractivity contribution is 8.00. The predicted molar refractivity (Wildman–Crippen MR) is 59.8 cm³/mol. The van der Waals surface area contributed by atoms with E-state index in [1.807, 2.05) is 0 Å². The maximum absolute atomic E-state index is 10.2. The molecule has 2 N–H and O–H groups in total. The van der Waals surface area contributed by atoms with Crippen molar-refractivity contribution in [1.29, 1.82) is 0 Å². The lowest BCUT2D eigenvalue weighted by atomic mass is 10.2. The number of rotatable bonds is 7. The van der Waals surface area contributed by atoms with Gasteiger partial charge in [-0.2, -0.15) is 11.8 Å². The minimum atomic E-state index is -0.684. The zero-order valence-electron chi connectivity index (χ0n) is 8.50. The quantitative estimate of drug-likeness (QED) is 0.638. The minimum Gasteiger partial charge on any atom is -0.481 e. The summed E-state index contributed by atoms with van der Waals surface area (Å²) in [6.45, 7) is 2.06. The van der Waals surface area contributed by atoms with E-state index in [0.29, 0.717) is 6.42 Å². The number of aliphatic carboxylic acids is 1. The maximum atomic E-state index is 10.2. The highest BCUT2D eigenvalue weighted by Gasteiger charge is 2.14. The van der Waals surface area contributed by atoms with Crippen LogP contribution in [0.2, 0.25) is 0 Å². The second-order valence-corrected chi connectivity index (χ2v) is 5.10. The van der Waals surface area contributed by atoms with Gasteiger partial charge in [0, 0.05) is 18.2 Å². The molecule has 0 radical (unpaired) electrons. The molecule has 1 saturated heterocycles. The first kappa shape index (κ1) is 11.9. The summed E-state index contributed by atoms with van der Waals surface area (Å²) in [6.07, 6.45) is 4.77. The smallest absolute Gasteiger partial charge is 0.303 e. The topological polar surface area (TPSA) is 49.3 Å². The normalized spacial score (nSPS) is 21.3. The Balaban J connectivity index is 1.82.